The maximum absolute atomic E-state index is 5.98. The Labute approximate surface area is 115 Å². The Hall–Kier alpha value is -1.48. The number of benzene rings is 1. The molecular weight excluding hydrogens is 238 g/mol. The molecule has 1 aliphatic heterocycles. The van der Waals surface area contributed by atoms with Crippen LogP contribution in [-0.4, -0.2) is 37.2 Å². The van der Waals surface area contributed by atoms with Gasteiger partial charge >= 0.3 is 0 Å². The summed E-state index contributed by atoms with van der Waals surface area (Å²) in [6, 6.07) is 7.86. The third-order valence-corrected chi connectivity index (χ3v) is 3.23. The molecule has 0 N–H and O–H groups in total. The summed E-state index contributed by atoms with van der Waals surface area (Å²) in [5, 5.41) is 0. The SMILES string of the molecule is CCN(CC=C(C)C)CC1COc2ccccc2O1. The lowest BCUT2D eigenvalue weighted by molar-refractivity contribution is 0.0631. The topological polar surface area (TPSA) is 21.7 Å². The third-order valence-electron chi connectivity index (χ3n) is 3.23. The van der Waals surface area contributed by atoms with Crippen LogP contribution in [0, 0.1) is 0 Å². The fourth-order valence-electron chi connectivity index (χ4n) is 2.09. The molecule has 0 saturated heterocycles. The van der Waals surface area contributed by atoms with Gasteiger partial charge in [0.2, 0.25) is 0 Å². The lowest BCUT2D eigenvalue weighted by Crippen LogP contribution is -2.41. The van der Waals surface area contributed by atoms with E-state index in [1.807, 2.05) is 24.3 Å². The Morgan fingerprint density at radius 2 is 2.05 bits per heavy atom. The van der Waals surface area contributed by atoms with E-state index in [2.05, 4.69) is 31.7 Å². The number of hydrogen-bond acceptors (Lipinski definition) is 3. The standard InChI is InChI=1S/C16H23NO2/c1-4-17(10-9-13(2)3)11-14-12-18-15-7-5-6-8-16(15)19-14/h5-9,14H,4,10-12H2,1-3H3. The predicted octanol–water partition coefficient (Wildman–Crippen LogP) is 3.11. The lowest BCUT2D eigenvalue weighted by atomic mass is 10.2. The zero-order valence-electron chi connectivity index (χ0n) is 12.1. The fourth-order valence-corrected chi connectivity index (χ4v) is 2.09. The van der Waals surface area contributed by atoms with Crippen molar-refractivity contribution in [1.82, 2.24) is 4.90 Å². The Bertz CT molecular complexity index is 438. The van der Waals surface area contributed by atoms with E-state index >= 15 is 0 Å². The van der Waals surface area contributed by atoms with Gasteiger partial charge in [-0.1, -0.05) is 30.7 Å². The number of nitrogens with zero attached hydrogens (tertiary/aromatic N) is 1. The van der Waals surface area contributed by atoms with E-state index < -0.39 is 0 Å². The molecule has 0 amide bonds. The minimum Gasteiger partial charge on any atom is -0.486 e. The van der Waals surface area contributed by atoms with Gasteiger partial charge in [-0.05, 0) is 32.5 Å². The van der Waals surface area contributed by atoms with Crippen molar-refractivity contribution in [3.8, 4) is 11.5 Å². The highest BCUT2D eigenvalue weighted by Crippen LogP contribution is 2.30. The van der Waals surface area contributed by atoms with E-state index in [4.69, 9.17) is 9.47 Å². The van der Waals surface area contributed by atoms with Crippen LogP contribution in [-0.2, 0) is 0 Å². The first-order valence-electron chi connectivity index (χ1n) is 6.93. The number of hydrogen-bond donors (Lipinski definition) is 0. The maximum Gasteiger partial charge on any atom is 0.161 e. The molecule has 19 heavy (non-hydrogen) atoms. The number of rotatable bonds is 5. The molecule has 0 aromatic heterocycles. The van der Waals surface area contributed by atoms with E-state index in [0.29, 0.717) is 6.61 Å². The van der Waals surface area contributed by atoms with E-state index in [1.54, 1.807) is 0 Å². The van der Waals surface area contributed by atoms with Crippen LogP contribution >= 0.6 is 0 Å². The summed E-state index contributed by atoms with van der Waals surface area (Å²) in [7, 11) is 0. The molecule has 1 unspecified atom stereocenters. The van der Waals surface area contributed by atoms with Crippen molar-refractivity contribution >= 4 is 0 Å². The predicted molar refractivity (Wildman–Crippen MR) is 77.9 cm³/mol. The highest BCUT2D eigenvalue weighted by atomic mass is 16.6. The summed E-state index contributed by atoms with van der Waals surface area (Å²) in [5.74, 6) is 1.71. The summed E-state index contributed by atoms with van der Waals surface area (Å²) in [5.41, 5.74) is 1.35. The summed E-state index contributed by atoms with van der Waals surface area (Å²) in [6.07, 6.45) is 2.36. The molecule has 0 radical (unpaired) electrons. The molecule has 1 aromatic carbocycles. The van der Waals surface area contributed by atoms with Gasteiger partial charge in [-0.25, -0.2) is 0 Å². The second-order valence-electron chi connectivity index (χ2n) is 5.13. The Balaban J connectivity index is 1.92. The first-order valence-corrected chi connectivity index (χ1v) is 6.93. The van der Waals surface area contributed by atoms with E-state index in [-0.39, 0.29) is 6.10 Å². The molecule has 1 heterocycles. The van der Waals surface area contributed by atoms with Crippen LogP contribution in [0.4, 0.5) is 0 Å². The molecule has 0 bridgehead atoms. The van der Waals surface area contributed by atoms with Crippen LogP contribution < -0.4 is 9.47 Å². The zero-order valence-corrected chi connectivity index (χ0v) is 12.1. The number of likely N-dealkylation sites (N-methyl/N-ethyl adjacent to an activating group) is 1. The summed E-state index contributed by atoms with van der Waals surface area (Å²) in [6.45, 7) is 9.95. The van der Waals surface area contributed by atoms with Gasteiger partial charge < -0.3 is 9.47 Å². The highest BCUT2D eigenvalue weighted by molar-refractivity contribution is 5.40. The largest absolute Gasteiger partial charge is 0.486 e. The van der Waals surface area contributed by atoms with Crippen LogP contribution in [0.25, 0.3) is 0 Å². The van der Waals surface area contributed by atoms with Crippen LogP contribution in [0.15, 0.2) is 35.9 Å². The van der Waals surface area contributed by atoms with Crippen molar-refractivity contribution in [3.05, 3.63) is 35.9 Å². The van der Waals surface area contributed by atoms with Gasteiger partial charge in [-0.15, -0.1) is 0 Å². The van der Waals surface area contributed by atoms with Gasteiger partial charge in [0, 0.05) is 13.1 Å². The smallest absolute Gasteiger partial charge is 0.161 e. The number of allylic oxidation sites excluding steroid dienone is 1. The molecule has 3 nitrogen and oxygen atoms in total. The summed E-state index contributed by atoms with van der Waals surface area (Å²) in [4.78, 5) is 2.37. The quantitative estimate of drug-likeness (QED) is 0.760. The lowest BCUT2D eigenvalue weighted by Gasteiger charge is -2.30. The van der Waals surface area contributed by atoms with Gasteiger partial charge in [0.25, 0.3) is 0 Å². The Kier molecular flexibility index (Phi) is 4.86. The fraction of sp³-hybridized carbons (Fsp3) is 0.500. The number of fused-ring (bicyclic) bond motifs is 1. The molecule has 1 aromatic rings. The summed E-state index contributed by atoms with van der Waals surface area (Å²) >= 11 is 0. The van der Waals surface area contributed by atoms with E-state index in [1.165, 1.54) is 5.57 Å². The van der Waals surface area contributed by atoms with E-state index in [9.17, 15) is 0 Å². The van der Waals surface area contributed by atoms with Crippen LogP contribution in [0.1, 0.15) is 20.8 Å². The van der Waals surface area contributed by atoms with Gasteiger partial charge in [-0.3, -0.25) is 4.90 Å². The molecule has 2 rings (SSSR count). The van der Waals surface area contributed by atoms with Gasteiger partial charge in [0.1, 0.15) is 12.7 Å². The molecule has 0 aliphatic carbocycles. The van der Waals surface area contributed by atoms with Crippen molar-refractivity contribution < 1.29 is 9.47 Å². The zero-order chi connectivity index (χ0) is 13.7. The molecule has 1 atom stereocenters. The molecule has 104 valence electrons. The normalized spacial score (nSPS) is 17.4. The summed E-state index contributed by atoms with van der Waals surface area (Å²) < 4.78 is 11.7. The minimum absolute atomic E-state index is 0.111. The Morgan fingerprint density at radius 3 is 2.74 bits per heavy atom. The third kappa shape index (κ3) is 4.00. The van der Waals surface area contributed by atoms with Crippen LogP contribution in [0.2, 0.25) is 0 Å². The van der Waals surface area contributed by atoms with Crippen LogP contribution in [0.5, 0.6) is 11.5 Å². The molecule has 1 aliphatic rings. The average molecular weight is 261 g/mol. The van der Waals surface area contributed by atoms with Gasteiger partial charge in [-0.2, -0.15) is 0 Å². The van der Waals surface area contributed by atoms with Crippen LogP contribution in [0.3, 0.4) is 0 Å². The molecule has 0 saturated carbocycles. The maximum atomic E-state index is 5.98. The second-order valence-corrected chi connectivity index (χ2v) is 5.13. The number of ether oxygens (including phenoxy) is 2. The molecule has 3 heteroatoms. The van der Waals surface area contributed by atoms with E-state index in [0.717, 1.165) is 31.1 Å². The number of para-hydroxylation sites is 2. The van der Waals surface area contributed by atoms with Crippen molar-refractivity contribution in [3.63, 3.8) is 0 Å². The molecule has 0 spiro atoms. The minimum atomic E-state index is 0.111. The van der Waals surface area contributed by atoms with Gasteiger partial charge in [0.15, 0.2) is 11.5 Å². The Morgan fingerprint density at radius 1 is 1.32 bits per heavy atom. The van der Waals surface area contributed by atoms with Crippen molar-refractivity contribution in [1.29, 1.82) is 0 Å². The van der Waals surface area contributed by atoms with Crippen molar-refractivity contribution in [2.24, 2.45) is 0 Å². The first-order chi connectivity index (χ1) is 9.19. The van der Waals surface area contributed by atoms with Crippen molar-refractivity contribution in [2.75, 3.05) is 26.2 Å². The second kappa shape index (κ2) is 6.62. The van der Waals surface area contributed by atoms with Gasteiger partial charge in [0.05, 0.1) is 0 Å². The van der Waals surface area contributed by atoms with Crippen molar-refractivity contribution in [2.45, 2.75) is 26.9 Å². The molecule has 0 fully saturated rings. The highest BCUT2D eigenvalue weighted by Gasteiger charge is 2.22. The monoisotopic (exact) mass is 261 g/mol. The average Bonchev–Trinajstić information content (AvgIpc) is 2.43. The molecular formula is C16H23NO2. The first kappa shape index (κ1) is 13.9.